The van der Waals surface area contributed by atoms with Crippen molar-refractivity contribution in [3.05, 3.63) is 10.6 Å². The van der Waals surface area contributed by atoms with Gasteiger partial charge in [-0.15, -0.1) is 0 Å². The third-order valence-electron chi connectivity index (χ3n) is 2.55. The van der Waals surface area contributed by atoms with Crippen LogP contribution in [-0.2, 0) is 23.9 Å². The summed E-state index contributed by atoms with van der Waals surface area (Å²) < 4.78 is 10.0. The van der Waals surface area contributed by atoms with Gasteiger partial charge in [-0.05, 0) is 20.8 Å². The second-order valence-electron chi connectivity index (χ2n) is 5.28. The summed E-state index contributed by atoms with van der Waals surface area (Å²) in [4.78, 5) is 36.3. The zero-order valence-electron chi connectivity index (χ0n) is 11.4. The van der Waals surface area contributed by atoms with Crippen LogP contribution in [0.1, 0.15) is 27.2 Å². The topological polar surface area (TPSA) is 72.9 Å². The van der Waals surface area contributed by atoms with E-state index in [1.807, 2.05) is 0 Å². The molecule has 0 saturated carbocycles. The van der Waals surface area contributed by atoms with Gasteiger partial charge in [-0.3, -0.25) is 14.5 Å². The Morgan fingerprint density at radius 1 is 1.50 bits per heavy atom. The number of hydrogen-bond acceptors (Lipinski definition) is 7. The summed E-state index contributed by atoms with van der Waals surface area (Å²) in [6, 6.07) is 0. The van der Waals surface area contributed by atoms with Crippen LogP contribution in [0, 0.1) is 0 Å². The van der Waals surface area contributed by atoms with E-state index in [-0.39, 0.29) is 23.6 Å². The molecule has 0 aromatic carbocycles. The molecule has 0 spiro atoms. The van der Waals surface area contributed by atoms with E-state index in [9.17, 15) is 14.4 Å². The number of β-lactam (4-membered cyclic amide) rings is 1. The van der Waals surface area contributed by atoms with Crippen LogP contribution in [0.5, 0.6) is 0 Å². The first-order valence-electron chi connectivity index (χ1n) is 6.00. The Hall–Kier alpha value is -1.15. The Bertz CT molecular complexity index is 483. The summed E-state index contributed by atoms with van der Waals surface area (Å²) in [5.74, 6) is -0.680. The van der Waals surface area contributed by atoms with Gasteiger partial charge in [0.05, 0.1) is 11.3 Å². The first-order chi connectivity index (χ1) is 9.33. The highest BCUT2D eigenvalue weighted by Crippen LogP contribution is 2.49. The lowest BCUT2D eigenvalue weighted by Crippen LogP contribution is -2.53. The smallest absolute Gasteiger partial charge is 0.356 e. The molecule has 1 fully saturated rings. The van der Waals surface area contributed by atoms with Crippen molar-refractivity contribution in [3.8, 4) is 0 Å². The molecule has 6 nitrogen and oxygen atoms in total. The lowest BCUT2D eigenvalue weighted by atomic mass is 10.1. The normalized spacial score (nSPS) is 22.1. The van der Waals surface area contributed by atoms with E-state index in [1.54, 1.807) is 20.8 Å². The molecule has 20 heavy (non-hydrogen) atoms. The minimum absolute atomic E-state index is 0.0355. The minimum atomic E-state index is -0.653. The predicted octanol–water partition coefficient (Wildman–Crippen LogP) is 1.67. The van der Waals surface area contributed by atoms with E-state index in [1.165, 1.54) is 26.5 Å². The molecular weight excluding hydrogens is 302 g/mol. The molecule has 2 heterocycles. The molecule has 8 heteroatoms. The number of rotatable bonds is 4. The first-order valence-corrected chi connectivity index (χ1v) is 8.22. The zero-order valence-corrected chi connectivity index (χ0v) is 13.0. The van der Waals surface area contributed by atoms with Crippen LogP contribution in [0.25, 0.3) is 0 Å². The Morgan fingerprint density at radius 2 is 2.20 bits per heavy atom. The number of esters is 1. The largest absolute Gasteiger partial charge is 0.462 e. The van der Waals surface area contributed by atoms with Crippen molar-refractivity contribution in [2.45, 2.75) is 38.2 Å². The Labute approximate surface area is 124 Å². The van der Waals surface area contributed by atoms with Crippen LogP contribution in [-0.4, -0.2) is 40.8 Å². The zero-order chi connectivity index (χ0) is 14.9. The fourth-order valence-corrected chi connectivity index (χ4v) is 4.41. The summed E-state index contributed by atoms with van der Waals surface area (Å²) in [6.07, 6.45) is 0.409. The first kappa shape index (κ1) is 15.2. The number of hydrogen-bond donors (Lipinski definition) is 0. The fourth-order valence-electron chi connectivity index (χ4n) is 1.76. The van der Waals surface area contributed by atoms with Gasteiger partial charge in [-0.25, -0.2) is 4.79 Å². The molecule has 2 rings (SSSR count). The second-order valence-corrected chi connectivity index (χ2v) is 7.76. The van der Waals surface area contributed by atoms with Crippen LogP contribution >= 0.6 is 21.6 Å². The lowest BCUT2D eigenvalue weighted by molar-refractivity contribution is -0.157. The second kappa shape index (κ2) is 5.69. The summed E-state index contributed by atoms with van der Waals surface area (Å²) in [5.41, 5.74) is -0.453. The van der Waals surface area contributed by atoms with Crippen molar-refractivity contribution in [2.24, 2.45) is 0 Å². The monoisotopic (exact) mass is 317 g/mol. The van der Waals surface area contributed by atoms with Gasteiger partial charge in [0.25, 0.3) is 6.47 Å². The van der Waals surface area contributed by atoms with Crippen LogP contribution in [0.4, 0.5) is 0 Å². The summed E-state index contributed by atoms with van der Waals surface area (Å²) in [5, 5.41) is -0.0463. The highest BCUT2D eigenvalue weighted by Gasteiger charge is 2.47. The highest BCUT2D eigenvalue weighted by molar-refractivity contribution is 8.78. The van der Waals surface area contributed by atoms with Crippen molar-refractivity contribution in [1.82, 2.24) is 4.90 Å². The molecule has 0 unspecified atom stereocenters. The fraction of sp³-hybridized carbons (Fsp3) is 0.583. The van der Waals surface area contributed by atoms with Gasteiger partial charge in [0.15, 0.2) is 0 Å². The molecule has 110 valence electrons. The van der Waals surface area contributed by atoms with E-state index in [0.29, 0.717) is 17.8 Å². The Morgan fingerprint density at radius 3 is 2.75 bits per heavy atom. The van der Waals surface area contributed by atoms with Crippen LogP contribution in [0.2, 0.25) is 0 Å². The van der Waals surface area contributed by atoms with E-state index in [0.717, 1.165) is 0 Å². The number of fused-ring (bicyclic) bond motifs is 1. The van der Waals surface area contributed by atoms with Crippen LogP contribution < -0.4 is 0 Å². The van der Waals surface area contributed by atoms with E-state index >= 15 is 0 Å². The molecule has 0 radical (unpaired) electrons. The molecule has 1 atom stereocenters. The number of ether oxygens (including phenoxy) is 2. The SMILES string of the molecule is CC(C)(C)OC(=O)C1=C(COC=O)SS[C@@H]2CC(=O)N12. The standard InChI is InChI=1S/C12H15NO5S2/c1-12(2,3)18-11(16)10-7(5-17-6-14)19-20-9-4-8(15)13(9)10/h6,9H,4-5H2,1-3H3/t9-/m1/s1. The third-order valence-corrected chi connectivity index (χ3v) is 5.31. The average Bonchev–Trinajstić information content (AvgIpc) is 2.33. The lowest BCUT2D eigenvalue weighted by Gasteiger charge is -2.43. The molecule has 0 N–H and O–H groups in total. The maximum Gasteiger partial charge on any atom is 0.356 e. The van der Waals surface area contributed by atoms with Crippen molar-refractivity contribution in [3.63, 3.8) is 0 Å². The molecule has 0 aromatic rings. The molecular formula is C12H15NO5S2. The van der Waals surface area contributed by atoms with E-state index in [2.05, 4.69) is 0 Å². The summed E-state index contributed by atoms with van der Waals surface area (Å²) >= 11 is 0. The molecule has 1 amide bonds. The van der Waals surface area contributed by atoms with Crippen LogP contribution in [0.3, 0.4) is 0 Å². The van der Waals surface area contributed by atoms with E-state index < -0.39 is 11.6 Å². The van der Waals surface area contributed by atoms with Crippen LogP contribution in [0.15, 0.2) is 10.6 Å². The molecule has 0 aliphatic carbocycles. The molecule has 2 aliphatic rings. The van der Waals surface area contributed by atoms with Gasteiger partial charge in [0, 0.05) is 0 Å². The van der Waals surface area contributed by atoms with Crippen molar-refractivity contribution < 1.29 is 23.9 Å². The van der Waals surface area contributed by atoms with Gasteiger partial charge in [0.1, 0.15) is 23.3 Å². The number of carbonyl (C=O) groups is 3. The Balaban J connectivity index is 2.27. The van der Waals surface area contributed by atoms with Crippen molar-refractivity contribution in [1.29, 1.82) is 0 Å². The van der Waals surface area contributed by atoms with E-state index in [4.69, 9.17) is 9.47 Å². The molecule has 2 aliphatic heterocycles. The van der Waals surface area contributed by atoms with Crippen molar-refractivity contribution >= 4 is 39.9 Å². The highest BCUT2D eigenvalue weighted by atomic mass is 33.1. The van der Waals surface area contributed by atoms with Gasteiger partial charge in [0.2, 0.25) is 5.91 Å². The summed E-state index contributed by atoms with van der Waals surface area (Å²) in [7, 11) is 2.82. The third kappa shape index (κ3) is 3.12. The molecule has 1 saturated heterocycles. The van der Waals surface area contributed by atoms with Gasteiger partial charge in [-0.2, -0.15) is 0 Å². The number of carbonyl (C=O) groups excluding carboxylic acids is 3. The molecule has 0 bridgehead atoms. The maximum absolute atomic E-state index is 12.3. The maximum atomic E-state index is 12.3. The minimum Gasteiger partial charge on any atom is -0.462 e. The number of nitrogens with zero attached hydrogens (tertiary/aromatic N) is 1. The van der Waals surface area contributed by atoms with Crippen molar-refractivity contribution in [2.75, 3.05) is 6.61 Å². The van der Waals surface area contributed by atoms with Gasteiger partial charge in [-0.1, -0.05) is 21.6 Å². The Kier molecular flexibility index (Phi) is 4.33. The van der Waals surface area contributed by atoms with Gasteiger partial charge < -0.3 is 9.47 Å². The average molecular weight is 317 g/mol. The quantitative estimate of drug-likeness (QED) is 0.338. The summed E-state index contributed by atoms with van der Waals surface area (Å²) in [6.45, 7) is 5.55. The van der Waals surface area contributed by atoms with Gasteiger partial charge >= 0.3 is 5.97 Å². The number of amides is 1. The predicted molar refractivity (Wildman–Crippen MR) is 75.3 cm³/mol. The molecule has 0 aromatic heterocycles.